The molecule has 0 N–H and O–H groups in total. The fourth-order valence-electron chi connectivity index (χ4n) is 7.32. The predicted molar refractivity (Wildman–Crippen MR) is 172 cm³/mol. The lowest BCUT2D eigenvalue weighted by atomic mass is 9.47. The maximum atomic E-state index is 2.51. The van der Waals surface area contributed by atoms with Gasteiger partial charge < -0.3 is 0 Å². The Bertz CT molecular complexity index is 1690. The topological polar surface area (TPSA) is 0 Å². The molecule has 196 valence electrons. The molecule has 0 heterocycles. The van der Waals surface area contributed by atoms with Crippen LogP contribution in [0.4, 0.5) is 0 Å². The fourth-order valence-corrected chi connectivity index (χ4v) is 7.32. The summed E-state index contributed by atoms with van der Waals surface area (Å²) in [4.78, 5) is 0. The Morgan fingerprint density at radius 1 is 0.463 bits per heavy atom. The maximum absolute atomic E-state index is 2.51. The Morgan fingerprint density at radius 2 is 0.902 bits per heavy atom. The summed E-state index contributed by atoms with van der Waals surface area (Å²) in [6, 6.07) is 55.4. The summed E-state index contributed by atoms with van der Waals surface area (Å²) in [5.41, 5.74) is 7.91. The Balaban J connectivity index is 1.71. The first-order valence-corrected chi connectivity index (χ1v) is 14.4. The van der Waals surface area contributed by atoms with Crippen molar-refractivity contribution < 1.29 is 0 Å². The molecule has 5 aromatic carbocycles. The maximum Gasteiger partial charge on any atom is 0.0543 e. The molecule has 2 aliphatic rings. The summed E-state index contributed by atoms with van der Waals surface area (Å²) in [7, 11) is 0. The highest BCUT2D eigenvalue weighted by molar-refractivity contribution is 6.05. The van der Waals surface area contributed by atoms with E-state index in [1.807, 2.05) is 0 Å². The van der Waals surface area contributed by atoms with E-state index in [0.717, 1.165) is 0 Å². The summed E-state index contributed by atoms with van der Waals surface area (Å²) in [6.07, 6.45) is 14.1. The molecule has 0 aliphatic heterocycles. The smallest absolute Gasteiger partial charge is 0.0543 e. The van der Waals surface area contributed by atoms with Crippen molar-refractivity contribution in [3.8, 4) is 0 Å². The van der Waals surface area contributed by atoms with Crippen LogP contribution in [0.1, 0.15) is 27.8 Å². The molecule has 0 saturated heterocycles. The number of allylic oxidation sites excluding steroid dienone is 8. The van der Waals surface area contributed by atoms with E-state index in [4.69, 9.17) is 0 Å². The van der Waals surface area contributed by atoms with Crippen LogP contribution in [0.25, 0.3) is 11.1 Å². The van der Waals surface area contributed by atoms with Gasteiger partial charge in [0.2, 0.25) is 0 Å². The van der Waals surface area contributed by atoms with Crippen molar-refractivity contribution in [3.05, 3.63) is 216 Å². The van der Waals surface area contributed by atoms with Gasteiger partial charge in [-0.3, -0.25) is 0 Å². The van der Waals surface area contributed by atoms with E-state index in [9.17, 15) is 0 Å². The molecule has 1 unspecified atom stereocenters. The van der Waals surface area contributed by atoms with Gasteiger partial charge >= 0.3 is 0 Å². The molecule has 0 fully saturated rings. The van der Waals surface area contributed by atoms with Gasteiger partial charge in [0.15, 0.2) is 0 Å². The Labute approximate surface area is 243 Å². The van der Waals surface area contributed by atoms with Crippen molar-refractivity contribution in [2.45, 2.75) is 10.8 Å². The Hall–Kier alpha value is -4.94. The second-order valence-corrected chi connectivity index (χ2v) is 10.9. The fraction of sp³-hybridized carbons (Fsp3) is 0.0732. The standard InChI is InChI=1S/C41H32/c1-6-18-32(19-7-1)38-30-31-40(34-22-10-3-11-23-34,39(38)33-20-8-2-9-21-33)41(37-28-16-17-29-37,35-24-12-4-13-25-35)36-26-14-5-15-27-36/h1-31,37H. The van der Waals surface area contributed by atoms with E-state index in [1.54, 1.807) is 0 Å². The van der Waals surface area contributed by atoms with Crippen molar-refractivity contribution >= 4 is 11.1 Å². The SMILES string of the molecule is C1=CC(C(c2ccccc2)(c2ccccc2)C2(c3ccccc3)C=CC(c3ccccc3)=C2c2ccccc2)C=C1. The van der Waals surface area contributed by atoms with Crippen molar-refractivity contribution in [3.63, 3.8) is 0 Å². The highest BCUT2D eigenvalue weighted by Gasteiger charge is 2.60. The van der Waals surface area contributed by atoms with Crippen LogP contribution in [0, 0.1) is 5.92 Å². The molecule has 0 amide bonds. The van der Waals surface area contributed by atoms with Crippen LogP contribution >= 0.6 is 0 Å². The third-order valence-electron chi connectivity index (χ3n) is 8.87. The zero-order valence-electron chi connectivity index (χ0n) is 23.0. The Morgan fingerprint density at radius 3 is 1.41 bits per heavy atom. The van der Waals surface area contributed by atoms with Gasteiger partial charge in [-0.05, 0) is 39.0 Å². The summed E-state index contributed by atoms with van der Waals surface area (Å²) in [5, 5.41) is 0. The first-order chi connectivity index (χ1) is 20.4. The molecule has 0 spiro atoms. The molecular weight excluding hydrogens is 492 g/mol. The van der Waals surface area contributed by atoms with Crippen LogP contribution in [-0.2, 0) is 10.8 Å². The predicted octanol–water partition coefficient (Wildman–Crippen LogP) is 9.83. The molecule has 41 heavy (non-hydrogen) atoms. The van der Waals surface area contributed by atoms with Gasteiger partial charge in [-0.1, -0.05) is 188 Å². The highest BCUT2D eigenvalue weighted by Crippen LogP contribution is 2.64. The zero-order valence-corrected chi connectivity index (χ0v) is 23.0. The largest absolute Gasteiger partial charge is 0.0763 e. The van der Waals surface area contributed by atoms with Crippen molar-refractivity contribution in [1.29, 1.82) is 0 Å². The number of benzene rings is 5. The average Bonchev–Trinajstić information content (AvgIpc) is 3.74. The number of rotatable bonds is 7. The minimum atomic E-state index is -0.535. The normalized spacial score (nSPS) is 18.3. The van der Waals surface area contributed by atoms with E-state index in [0.29, 0.717) is 0 Å². The van der Waals surface area contributed by atoms with E-state index >= 15 is 0 Å². The minimum Gasteiger partial charge on any atom is -0.0763 e. The van der Waals surface area contributed by atoms with Crippen LogP contribution in [-0.4, -0.2) is 0 Å². The van der Waals surface area contributed by atoms with Gasteiger partial charge in [0.1, 0.15) is 0 Å². The summed E-state index contributed by atoms with van der Waals surface area (Å²) in [6.45, 7) is 0. The molecule has 0 aromatic heterocycles. The first kappa shape index (κ1) is 25.1. The van der Waals surface area contributed by atoms with E-state index in [-0.39, 0.29) is 5.92 Å². The molecule has 0 radical (unpaired) electrons. The molecular formula is C41H32. The second kappa shape index (κ2) is 10.6. The lowest BCUT2D eigenvalue weighted by Crippen LogP contribution is -2.53. The van der Waals surface area contributed by atoms with Gasteiger partial charge in [-0.25, -0.2) is 0 Å². The van der Waals surface area contributed by atoms with Crippen LogP contribution in [0.5, 0.6) is 0 Å². The van der Waals surface area contributed by atoms with Crippen molar-refractivity contribution in [2.24, 2.45) is 5.92 Å². The molecule has 5 aromatic rings. The van der Waals surface area contributed by atoms with E-state index < -0.39 is 10.8 Å². The van der Waals surface area contributed by atoms with Gasteiger partial charge in [-0.2, -0.15) is 0 Å². The van der Waals surface area contributed by atoms with Crippen LogP contribution in [0.2, 0.25) is 0 Å². The summed E-state index contributed by atoms with van der Waals surface area (Å²) < 4.78 is 0. The second-order valence-electron chi connectivity index (χ2n) is 10.9. The zero-order chi connectivity index (χ0) is 27.5. The molecule has 1 atom stereocenters. The van der Waals surface area contributed by atoms with E-state index in [2.05, 4.69) is 188 Å². The Kier molecular flexibility index (Phi) is 6.45. The number of hydrogen-bond donors (Lipinski definition) is 0. The van der Waals surface area contributed by atoms with Crippen molar-refractivity contribution in [1.82, 2.24) is 0 Å². The monoisotopic (exact) mass is 524 g/mol. The van der Waals surface area contributed by atoms with Crippen molar-refractivity contribution in [2.75, 3.05) is 0 Å². The highest BCUT2D eigenvalue weighted by atomic mass is 14.6. The summed E-state index contributed by atoms with van der Waals surface area (Å²) >= 11 is 0. The van der Waals surface area contributed by atoms with Gasteiger partial charge in [-0.15, -0.1) is 0 Å². The van der Waals surface area contributed by atoms with E-state index in [1.165, 1.54) is 39.0 Å². The lowest BCUT2D eigenvalue weighted by Gasteiger charge is -2.54. The number of hydrogen-bond acceptors (Lipinski definition) is 0. The third kappa shape index (κ3) is 3.90. The van der Waals surface area contributed by atoms with Crippen LogP contribution in [0.15, 0.2) is 188 Å². The molecule has 0 heteroatoms. The molecule has 0 bridgehead atoms. The third-order valence-corrected chi connectivity index (χ3v) is 8.87. The summed E-state index contributed by atoms with van der Waals surface area (Å²) in [5.74, 6) is 0.117. The molecule has 7 rings (SSSR count). The molecule has 0 saturated carbocycles. The molecule has 2 aliphatic carbocycles. The van der Waals surface area contributed by atoms with Crippen LogP contribution in [0.3, 0.4) is 0 Å². The van der Waals surface area contributed by atoms with Gasteiger partial charge in [0.25, 0.3) is 0 Å². The van der Waals surface area contributed by atoms with Gasteiger partial charge in [0, 0.05) is 11.3 Å². The van der Waals surface area contributed by atoms with Crippen LogP contribution < -0.4 is 0 Å². The molecule has 0 nitrogen and oxygen atoms in total. The van der Waals surface area contributed by atoms with Gasteiger partial charge in [0.05, 0.1) is 5.41 Å². The first-order valence-electron chi connectivity index (χ1n) is 14.4. The average molecular weight is 525 g/mol. The quantitative estimate of drug-likeness (QED) is 0.199. The lowest BCUT2D eigenvalue weighted by molar-refractivity contribution is 0.340. The minimum absolute atomic E-state index is 0.117.